The molecule has 2 aromatic heterocycles. The second-order valence-corrected chi connectivity index (χ2v) is 8.39. The molecule has 0 radical (unpaired) electrons. The summed E-state index contributed by atoms with van der Waals surface area (Å²) < 4.78 is 39.9. The lowest BCUT2D eigenvalue weighted by atomic mass is 10.3. The molecule has 0 saturated carbocycles. The van der Waals surface area contributed by atoms with Crippen molar-refractivity contribution in [1.82, 2.24) is 29.0 Å². The maximum Gasteiger partial charge on any atom is 0.247 e. The summed E-state index contributed by atoms with van der Waals surface area (Å²) in [6.07, 6.45) is 4.44. The summed E-state index contributed by atoms with van der Waals surface area (Å²) in [5.74, 6) is 2.03. The molecule has 0 amide bonds. The first kappa shape index (κ1) is 20.0. The van der Waals surface area contributed by atoms with Gasteiger partial charge in [0.05, 0.1) is 14.2 Å². The first-order valence-electron chi connectivity index (χ1n) is 9.17. The van der Waals surface area contributed by atoms with Crippen molar-refractivity contribution in [2.45, 2.75) is 4.90 Å². The van der Waals surface area contributed by atoms with Crippen molar-refractivity contribution < 1.29 is 17.9 Å². The third-order valence-electron chi connectivity index (χ3n) is 4.84. The summed E-state index contributed by atoms with van der Waals surface area (Å²) in [4.78, 5) is 14.5. The van der Waals surface area contributed by atoms with Crippen LogP contribution in [0.1, 0.15) is 0 Å². The number of anilines is 1. The molecule has 3 aromatic rings. The van der Waals surface area contributed by atoms with Gasteiger partial charge in [-0.15, -0.1) is 0 Å². The molecule has 1 fully saturated rings. The second kappa shape index (κ2) is 8.24. The highest BCUT2D eigenvalue weighted by atomic mass is 32.2. The molecule has 0 aliphatic carbocycles. The first-order valence-corrected chi connectivity index (χ1v) is 10.6. The number of sulfonamides is 1. The number of ether oxygens (including phenoxy) is 2. The van der Waals surface area contributed by atoms with Crippen molar-refractivity contribution in [2.75, 3.05) is 45.3 Å². The van der Waals surface area contributed by atoms with Gasteiger partial charge in [0, 0.05) is 38.3 Å². The van der Waals surface area contributed by atoms with Crippen LogP contribution in [-0.4, -0.2) is 77.9 Å². The Morgan fingerprint density at radius 2 is 1.70 bits per heavy atom. The fourth-order valence-electron chi connectivity index (χ4n) is 3.24. The zero-order valence-electron chi connectivity index (χ0n) is 16.5. The van der Waals surface area contributed by atoms with Crippen LogP contribution in [0.25, 0.3) is 5.82 Å². The summed E-state index contributed by atoms with van der Waals surface area (Å²) in [5.41, 5.74) is 0. The number of benzene rings is 1. The van der Waals surface area contributed by atoms with Crippen molar-refractivity contribution in [3.63, 3.8) is 0 Å². The summed E-state index contributed by atoms with van der Waals surface area (Å²) >= 11 is 0. The molecule has 3 heterocycles. The Morgan fingerprint density at radius 1 is 0.933 bits per heavy atom. The van der Waals surface area contributed by atoms with Gasteiger partial charge in [0.2, 0.25) is 10.0 Å². The molecule has 0 N–H and O–H groups in total. The number of hydrogen-bond acceptors (Lipinski definition) is 9. The van der Waals surface area contributed by atoms with Gasteiger partial charge in [-0.2, -0.15) is 9.40 Å². The summed E-state index contributed by atoms with van der Waals surface area (Å²) in [7, 11) is -0.803. The Balaban J connectivity index is 1.52. The molecule has 0 spiro atoms. The van der Waals surface area contributed by atoms with Crippen LogP contribution in [0.3, 0.4) is 0 Å². The van der Waals surface area contributed by atoms with E-state index in [1.807, 2.05) is 4.90 Å². The van der Waals surface area contributed by atoms with Crippen molar-refractivity contribution in [3.8, 4) is 17.3 Å². The van der Waals surface area contributed by atoms with E-state index in [0.717, 1.165) is 0 Å². The number of hydrogen-bond donors (Lipinski definition) is 0. The standard InChI is InChI=1S/C18H21N7O4S/c1-28-14-3-4-15(29-2)16(9-14)30(26,27)24-7-5-23(6-8-24)17-10-18(21-12-20-17)25-13-19-11-22-25/h3-4,9-13H,5-8H2,1-2H3. The molecule has 1 saturated heterocycles. The van der Waals surface area contributed by atoms with E-state index >= 15 is 0 Å². The van der Waals surface area contributed by atoms with Crippen molar-refractivity contribution in [2.24, 2.45) is 0 Å². The normalized spacial score (nSPS) is 15.2. The number of methoxy groups -OCH3 is 2. The van der Waals surface area contributed by atoms with Gasteiger partial charge < -0.3 is 14.4 Å². The Labute approximate surface area is 174 Å². The Kier molecular flexibility index (Phi) is 5.50. The van der Waals surface area contributed by atoms with E-state index in [1.54, 1.807) is 29.2 Å². The molecule has 11 nitrogen and oxygen atoms in total. The third kappa shape index (κ3) is 3.78. The van der Waals surface area contributed by atoms with E-state index in [-0.39, 0.29) is 10.6 Å². The van der Waals surface area contributed by atoms with Crippen LogP contribution in [0.5, 0.6) is 11.5 Å². The van der Waals surface area contributed by atoms with Crippen molar-refractivity contribution >= 4 is 15.8 Å². The molecule has 12 heteroatoms. The molecular formula is C18H21N7O4S. The number of piperazine rings is 1. The lowest BCUT2D eigenvalue weighted by Crippen LogP contribution is -2.49. The van der Waals surface area contributed by atoms with Crippen LogP contribution in [0.15, 0.2) is 48.1 Å². The van der Waals surface area contributed by atoms with Gasteiger partial charge in [-0.1, -0.05) is 0 Å². The predicted octanol–water partition coefficient (Wildman–Crippen LogP) is 0.585. The molecule has 0 atom stereocenters. The van der Waals surface area contributed by atoms with E-state index < -0.39 is 10.0 Å². The highest BCUT2D eigenvalue weighted by molar-refractivity contribution is 7.89. The summed E-state index contributed by atoms with van der Waals surface area (Å²) in [6.45, 7) is 1.59. The number of rotatable bonds is 6. The van der Waals surface area contributed by atoms with Crippen LogP contribution in [0, 0.1) is 0 Å². The van der Waals surface area contributed by atoms with Gasteiger partial charge in [-0.3, -0.25) is 0 Å². The van der Waals surface area contributed by atoms with E-state index in [0.29, 0.717) is 43.6 Å². The second-order valence-electron chi connectivity index (χ2n) is 6.48. The average Bonchev–Trinajstić information content (AvgIpc) is 3.34. The number of aromatic nitrogens is 5. The topological polar surface area (TPSA) is 116 Å². The van der Waals surface area contributed by atoms with Gasteiger partial charge in [0.1, 0.15) is 41.2 Å². The minimum atomic E-state index is -3.74. The molecule has 4 rings (SSSR count). The zero-order chi connectivity index (χ0) is 21.1. The lowest BCUT2D eigenvalue weighted by molar-refractivity contribution is 0.370. The predicted molar refractivity (Wildman–Crippen MR) is 107 cm³/mol. The average molecular weight is 431 g/mol. The Hall–Kier alpha value is -3.25. The third-order valence-corrected chi connectivity index (χ3v) is 6.76. The van der Waals surface area contributed by atoms with Gasteiger partial charge in [0.25, 0.3) is 0 Å². The zero-order valence-corrected chi connectivity index (χ0v) is 17.4. The molecule has 1 aromatic carbocycles. The van der Waals surface area contributed by atoms with E-state index in [2.05, 4.69) is 20.1 Å². The van der Waals surface area contributed by atoms with E-state index in [9.17, 15) is 8.42 Å². The summed E-state index contributed by atoms with van der Waals surface area (Å²) in [6, 6.07) is 6.53. The van der Waals surface area contributed by atoms with Gasteiger partial charge in [-0.25, -0.2) is 28.1 Å². The van der Waals surface area contributed by atoms with Crippen molar-refractivity contribution in [3.05, 3.63) is 43.2 Å². The fourth-order valence-corrected chi connectivity index (χ4v) is 4.84. The van der Waals surface area contributed by atoms with Gasteiger partial charge in [-0.05, 0) is 12.1 Å². The van der Waals surface area contributed by atoms with E-state index in [1.165, 1.54) is 37.2 Å². The molecule has 1 aliphatic rings. The Bertz CT molecular complexity index is 1110. The number of nitrogens with zero attached hydrogens (tertiary/aromatic N) is 7. The van der Waals surface area contributed by atoms with Crippen LogP contribution in [0.2, 0.25) is 0 Å². The van der Waals surface area contributed by atoms with Crippen molar-refractivity contribution in [1.29, 1.82) is 0 Å². The van der Waals surface area contributed by atoms with Crippen LogP contribution in [-0.2, 0) is 10.0 Å². The summed E-state index contributed by atoms with van der Waals surface area (Å²) in [5, 5.41) is 4.07. The van der Waals surface area contributed by atoms with Crippen LogP contribution < -0.4 is 14.4 Å². The maximum atomic E-state index is 13.2. The van der Waals surface area contributed by atoms with Gasteiger partial charge >= 0.3 is 0 Å². The molecule has 30 heavy (non-hydrogen) atoms. The monoisotopic (exact) mass is 431 g/mol. The highest BCUT2D eigenvalue weighted by Gasteiger charge is 2.31. The Morgan fingerprint density at radius 3 is 2.37 bits per heavy atom. The van der Waals surface area contributed by atoms with E-state index in [4.69, 9.17) is 9.47 Å². The molecule has 158 valence electrons. The largest absolute Gasteiger partial charge is 0.497 e. The van der Waals surface area contributed by atoms with Crippen LogP contribution in [0.4, 0.5) is 5.82 Å². The van der Waals surface area contributed by atoms with Crippen LogP contribution >= 0.6 is 0 Å². The quantitative estimate of drug-likeness (QED) is 0.553. The maximum absolute atomic E-state index is 13.2. The molecule has 0 bridgehead atoms. The highest BCUT2D eigenvalue weighted by Crippen LogP contribution is 2.31. The van der Waals surface area contributed by atoms with Gasteiger partial charge in [0.15, 0.2) is 5.82 Å². The molecular weight excluding hydrogens is 410 g/mol. The fraction of sp³-hybridized carbons (Fsp3) is 0.333. The molecule has 0 unspecified atom stereocenters. The minimum absolute atomic E-state index is 0.0910. The lowest BCUT2D eigenvalue weighted by Gasteiger charge is -2.34. The minimum Gasteiger partial charge on any atom is -0.497 e. The smallest absolute Gasteiger partial charge is 0.247 e. The molecule has 1 aliphatic heterocycles. The SMILES string of the molecule is COc1ccc(OC)c(S(=O)(=O)N2CCN(c3cc(-n4cncn4)ncn3)CC2)c1. The first-order chi connectivity index (χ1) is 14.5.